The molecule has 1 aromatic rings. The molecule has 0 aliphatic heterocycles. The van der Waals surface area contributed by atoms with E-state index in [9.17, 15) is 5.11 Å². The molecule has 2 rings (SSSR count). The fraction of sp³-hybridized carbons (Fsp3) is 0.500. The maximum absolute atomic E-state index is 9.91. The number of hydrogen-bond donors (Lipinski definition) is 1. The Hall–Kier alpha value is -0.540. The number of methoxy groups -OCH3 is 1. The number of rotatable bonds is 3. The van der Waals surface area contributed by atoms with E-state index in [-0.39, 0.29) is 0 Å². The Morgan fingerprint density at radius 2 is 2.13 bits per heavy atom. The van der Waals surface area contributed by atoms with Crippen LogP contribution in [0.15, 0.2) is 16.6 Å². The van der Waals surface area contributed by atoms with Crippen LogP contribution in [0.2, 0.25) is 0 Å². The van der Waals surface area contributed by atoms with Gasteiger partial charge < -0.3 is 9.84 Å². The van der Waals surface area contributed by atoms with Crippen molar-refractivity contribution < 1.29 is 9.84 Å². The van der Waals surface area contributed by atoms with E-state index >= 15 is 0 Å². The van der Waals surface area contributed by atoms with Crippen molar-refractivity contribution in [2.24, 2.45) is 0 Å². The molecule has 0 amide bonds. The Morgan fingerprint density at radius 3 is 2.67 bits per heavy atom. The third-order valence-electron chi connectivity index (χ3n) is 2.82. The predicted octanol–water partition coefficient (Wildman–Crippen LogP) is 2.83. The topological polar surface area (TPSA) is 29.5 Å². The predicted molar refractivity (Wildman–Crippen MR) is 63.3 cm³/mol. The van der Waals surface area contributed by atoms with E-state index in [0.29, 0.717) is 6.42 Å². The highest BCUT2D eigenvalue weighted by molar-refractivity contribution is 9.10. The first-order valence-corrected chi connectivity index (χ1v) is 5.89. The lowest BCUT2D eigenvalue weighted by molar-refractivity contribution is 0.150. The molecule has 0 unspecified atom stereocenters. The molecule has 0 spiro atoms. The number of ether oxygens (including phenoxy) is 1. The molecule has 1 aromatic carbocycles. The lowest BCUT2D eigenvalue weighted by Gasteiger charge is -2.14. The Labute approximate surface area is 98.4 Å². The average Bonchev–Trinajstić information content (AvgIpc) is 2.82. The van der Waals surface area contributed by atoms with E-state index in [4.69, 9.17) is 4.74 Å². The third kappa shape index (κ3) is 2.34. The van der Waals surface area contributed by atoms with Crippen LogP contribution in [-0.2, 0) is 6.42 Å². The molecule has 1 aliphatic carbocycles. The van der Waals surface area contributed by atoms with Gasteiger partial charge in [-0.2, -0.15) is 0 Å². The van der Waals surface area contributed by atoms with Gasteiger partial charge in [-0.3, -0.25) is 0 Å². The number of benzene rings is 1. The highest BCUT2D eigenvalue weighted by atomic mass is 79.9. The molecule has 3 heteroatoms. The van der Waals surface area contributed by atoms with Crippen molar-refractivity contribution in [2.75, 3.05) is 7.11 Å². The van der Waals surface area contributed by atoms with Crippen molar-refractivity contribution in [3.63, 3.8) is 0 Å². The minimum Gasteiger partial charge on any atom is -0.495 e. The summed E-state index contributed by atoms with van der Waals surface area (Å²) in [4.78, 5) is 0. The van der Waals surface area contributed by atoms with Crippen LogP contribution in [0.5, 0.6) is 5.75 Å². The molecule has 0 aromatic heterocycles. The Kier molecular flexibility index (Phi) is 2.77. The monoisotopic (exact) mass is 270 g/mol. The summed E-state index contributed by atoms with van der Waals surface area (Å²) in [6.07, 6.45) is 2.50. The van der Waals surface area contributed by atoms with E-state index in [0.717, 1.165) is 28.6 Å². The van der Waals surface area contributed by atoms with Crippen molar-refractivity contribution >= 4 is 15.9 Å². The Balaban J connectivity index is 2.35. The summed E-state index contributed by atoms with van der Waals surface area (Å²) in [5, 5.41) is 9.91. The summed E-state index contributed by atoms with van der Waals surface area (Å²) in [6, 6.07) is 4.11. The zero-order chi connectivity index (χ0) is 11.1. The smallest absolute Gasteiger partial charge is 0.136 e. The molecule has 15 heavy (non-hydrogen) atoms. The molecular weight excluding hydrogens is 256 g/mol. The molecule has 0 bridgehead atoms. The van der Waals surface area contributed by atoms with Crippen LogP contribution in [-0.4, -0.2) is 17.8 Å². The molecule has 2 nitrogen and oxygen atoms in total. The number of hydrogen-bond acceptors (Lipinski definition) is 2. The van der Waals surface area contributed by atoms with Gasteiger partial charge >= 0.3 is 0 Å². The standard InChI is InChI=1S/C12H15BrO2/c1-8-5-9(7-12(14)3-4-12)11(15-2)10(13)6-8/h5-6,14H,3-4,7H2,1-2H3. The van der Waals surface area contributed by atoms with E-state index in [1.54, 1.807) is 7.11 Å². The van der Waals surface area contributed by atoms with Crippen molar-refractivity contribution in [3.05, 3.63) is 27.7 Å². The first-order valence-electron chi connectivity index (χ1n) is 5.09. The van der Waals surface area contributed by atoms with Gasteiger partial charge in [0.1, 0.15) is 5.75 Å². The van der Waals surface area contributed by atoms with E-state index in [1.165, 1.54) is 5.56 Å². The summed E-state index contributed by atoms with van der Waals surface area (Å²) < 4.78 is 6.31. The van der Waals surface area contributed by atoms with Crippen molar-refractivity contribution in [3.8, 4) is 5.75 Å². The summed E-state index contributed by atoms with van der Waals surface area (Å²) in [5.74, 6) is 0.848. The lowest BCUT2D eigenvalue weighted by atomic mass is 10.0. The van der Waals surface area contributed by atoms with E-state index < -0.39 is 5.60 Å². The molecule has 0 radical (unpaired) electrons. The van der Waals surface area contributed by atoms with Gasteiger partial charge in [0.2, 0.25) is 0 Å². The van der Waals surface area contributed by atoms with Gasteiger partial charge in [-0.05, 0) is 52.9 Å². The van der Waals surface area contributed by atoms with Gasteiger partial charge in [0.05, 0.1) is 17.2 Å². The molecular formula is C12H15BrO2. The molecule has 0 saturated heterocycles. The third-order valence-corrected chi connectivity index (χ3v) is 3.40. The highest BCUT2D eigenvalue weighted by Crippen LogP contribution is 2.41. The van der Waals surface area contributed by atoms with Gasteiger partial charge in [0, 0.05) is 6.42 Å². The van der Waals surface area contributed by atoms with Crippen LogP contribution in [0.1, 0.15) is 24.0 Å². The number of aryl methyl sites for hydroxylation is 1. The normalized spacial score (nSPS) is 17.6. The Morgan fingerprint density at radius 1 is 1.47 bits per heavy atom. The second-order valence-corrected chi connectivity index (χ2v) is 5.19. The molecule has 1 N–H and O–H groups in total. The first kappa shape index (κ1) is 11.0. The first-order chi connectivity index (χ1) is 7.04. The summed E-state index contributed by atoms with van der Waals surface area (Å²) in [6.45, 7) is 2.05. The van der Waals surface area contributed by atoms with Gasteiger partial charge in [-0.1, -0.05) is 6.07 Å². The lowest BCUT2D eigenvalue weighted by Crippen LogP contribution is -2.12. The van der Waals surface area contributed by atoms with Crippen molar-refractivity contribution in [1.82, 2.24) is 0 Å². The second-order valence-electron chi connectivity index (χ2n) is 4.34. The van der Waals surface area contributed by atoms with Crippen LogP contribution in [0, 0.1) is 6.92 Å². The minimum atomic E-state index is -0.472. The maximum Gasteiger partial charge on any atom is 0.136 e. The van der Waals surface area contributed by atoms with Gasteiger partial charge in [0.15, 0.2) is 0 Å². The summed E-state index contributed by atoms with van der Waals surface area (Å²) in [7, 11) is 1.66. The molecule has 0 heterocycles. The number of halogens is 1. The van der Waals surface area contributed by atoms with E-state index in [2.05, 4.69) is 22.0 Å². The SMILES string of the molecule is COc1c(Br)cc(C)cc1CC1(O)CC1. The van der Waals surface area contributed by atoms with Gasteiger partial charge in [-0.15, -0.1) is 0 Å². The van der Waals surface area contributed by atoms with Crippen LogP contribution >= 0.6 is 15.9 Å². The molecule has 1 saturated carbocycles. The van der Waals surface area contributed by atoms with Crippen molar-refractivity contribution in [1.29, 1.82) is 0 Å². The minimum absolute atomic E-state index is 0.472. The van der Waals surface area contributed by atoms with Crippen LogP contribution in [0.4, 0.5) is 0 Å². The number of aliphatic hydroxyl groups is 1. The van der Waals surface area contributed by atoms with Gasteiger partial charge in [-0.25, -0.2) is 0 Å². The average molecular weight is 271 g/mol. The second kappa shape index (κ2) is 3.80. The fourth-order valence-electron chi connectivity index (χ4n) is 1.84. The van der Waals surface area contributed by atoms with E-state index in [1.807, 2.05) is 13.0 Å². The maximum atomic E-state index is 9.91. The zero-order valence-corrected chi connectivity index (χ0v) is 10.6. The summed E-state index contributed by atoms with van der Waals surface area (Å²) in [5.41, 5.74) is 1.80. The molecule has 1 fully saturated rings. The van der Waals surface area contributed by atoms with Crippen LogP contribution < -0.4 is 4.74 Å². The van der Waals surface area contributed by atoms with Crippen LogP contribution in [0.3, 0.4) is 0 Å². The fourth-order valence-corrected chi connectivity index (χ4v) is 2.61. The van der Waals surface area contributed by atoms with Gasteiger partial charge in [0.25, 0.3) is 0 Å². The largest absolute Gasteiger partial charge is 0.495 e. The van der Waals surface area contributed by atoms with Crippen LogP contribution in [0.25, 0.3) is 0 Å². The quantitative estimate of drug-likeness (QED) is 0.916. The highest BCUT2D eigenvalue weighted by Gasteiger charge is 2.40. The molecule has 0 atom stereocenters. The van der Waals surface area contributed by atoms with Crippen molar-refractivity contribution in [2.45, 2.75) is 31.8 Å². The molecule has 82 valence electrons. The zero-order valence-electron chi connectivity index (χ0n) is 9.01. The Bertz CT molecular complexity index is 383. The molecule has 1 aliphatic rings. The summed E-state index contributed by atoms with van der Waals surface area (Å²) >= 11 is 3.48.